The largest absolute Gasteiger partial charge is 0.400 e. The van der Waals surface area contributed by atoms with E-state index in [9.17, 15) is 9.90 Å². The molecule has 0 spiro atoms. The topological polar surface area (TPSA) is 178 Å². The Balaban J connectivity index is 0. The molecule has 0 aromatic carbocycles. The van der Waals surface area contributed by atoms with Crippen molar-refractivity contribution >= 4 is 13.1 Å². The highest BCUT2D eigenvalue weighted by molar-refractivity contribution is 5.53. The van der Waals surface area contributed by atoms with Crippen molar-refractivity contribution < 1.29 is 34.8 Å². The highest BCUT2D eigenvalue weighted by Crippen LogP contribution is 2.69. The van der Waals surface area contributed by atoms with Gasteiger partial charge in [-0.05, 0) is 166 Å². The molecule has 5 saturated carbocycles. The summed E-state index contributed by atoms with van der Waals surface area (Å²) in [6.45, 7) is 14.3. The SMILES string of the molecule is C=O.CC1(C)C[C@]2(C)CCC12.CCO.CN.CNCCC1CCCCC1O.CO.COC1C(CNCCCO)CCCC1C1CC(C=O)CC(N(C)C)C1. The summed E-state index contributed by atoms with van der Waals surface area (Å²) < 4.78 is 6.00. The molecule has 11 nitrogen and oxygen atoms in total. The first-order valence-corrected chi connectivity index (χ1v) is 21.1. The summed E-state index contributed by atoms with van der Waals surface area (Å²) in [6.07, 6.45) is 19.6. The maximum absolute atomic E-state index is 11.5. The number of rotatable bonds is 12. The molecule has 0 amide bonds. The van der Waals surface area contributed by atoms with Crippen molar-refractivity contribution in [1.29, 1.82) is 0 Å². The van der Waals surface area contributed by atoms with Gasteiger partial charge in [0, 0.05) is 45.9 Å². The lowest BCUT2D eigenvalue weighted by Crippen LogP contribution is -2.58. The Morgan fingerprint density at radius 3 is 1.96 bits per heavy atom. The van der Waals surface area contributed by atoms with E-state index in [4.69, 9.17) is 24.9 Å². The zero-order valence-corrected chi connectivity index (χ0v) is 36.7. The Labute approximate surface area is 332 Å². The van der Waals surface area contributed by atoms with Gasteiger partial charge in [0.15, 0.2) is 0 Å². The van der Waals surface area contributed by atoms with E-state index in [1.807, 2.05) is 20.9 Å². The maximum atomic E-state index is 11.5. The lowest BCUT2D eigenvalue weighted by Gasteiger charge is -2.67. The van der Waals surface area contributed by atoms with Crippen molar-refractivity contribution in [2.45, 2.75) is 142 Å². The molecule has 0 bridgehead atoms. The van der Waals surface area contributed by atoms with Gasteiger partial charge >= 0.3 is 0 Å². The van der Waals surface area contributed by atoms with Gasteiger partial charge < -0.3 is 56.0 Å². The smallest absolute Gasteiger partial charge is 0.123 e. The van der Waals surface area contributed by atoms with Crippen LogP contribution >= 0.6 is 0 Å². The summed E-state index contributed by atoms with van der Waals surface area (Å²) >= 11 is 0. The maximum Gasteiger partial charge on any atom is 0.123 e. The van der Waals surface area contributed by atoms with E-state index in [0.29, 0.717) is 35.1 Å². The third-order valence-electron chi connectivity index (χ3n) is 12.8. The van der Waals surface area contributed by atoms with Crippen molar-refractivity contribution in [1.82, 2.24) is 15.5 Å². The van der Waals surface area contributed by atoms with E-state index in [-0.39, 0.29) is 31.3 Å². The molecule has 11 heteroatoms. The molecule has 0 heterocycles. The van der Waals surface area contributed by atoms with E-state index in [0.717, 1.165) is 70.2 Å². The van der Waals surface area contributed by atoms with Crippen molar-refractivity contribution in [2.75, 3.05) is 75.3 Å². The minimum absolute atomic E-state index is 0.0166. The Bertz CT molecular complexity index is 875. The van der Waals surface area contributed by atoms with Gasteiger partial charge in [0.2, 0.25) is 0 Å². The second-order valence-electron chi connectivity index (χ2n) is 17.0. The average molecular weight is 775 g/mol. The van der Waals surface area contributed by atoms with Crippen molar-refractivity contribution in [3.05, 3.63) is 0 Å². The first-order chi connectivity index (χ1) is 25.9. The van der Waals surface area contributed by atoms with Gasteiger partial charge in [-0.15, -0.1) is 0 Å². The molecule has 5 aliphatic rings. The van der Waals surface area contributed by atoms with Crippen molar-refractivity contribution in [3.8, 4) is 0 Å². The predicted octanol–water partition coefficient (Wildman–Crippen LogP) is 4.91. The number of ether oxygens (including phenoxy) is 1. The van der Waals surface area contributed by atoms with Crippen LogP contribution in [-0.2, 0) is 14.3 Å². The molecular weight excluding hydrogens is 684 g/mol. The first kappa shape index (κ1) is 55.1. The van der Waals surface area contributed by atoms with Gasteiger partial charge in [-0.3, -0.25) is 0 Å². The minimum Gasteiger partial charge on any atom is -0.400 e. The molecule has 0 aromatic heterocycles. The standard InChI is InChI=1S/C20H38N2O3.C9H19NO.C9H16.C2H6O.CH5N.CH4O.CH2O/c1-22(2)18-11-15(14-24)10-17(12-18)19-7-4-6-16(20(19)25-3)13-21-8-5-9-23;1-10-7-6-8-4-2-3-5-9(8)11;1-8(2)6-9(3)5-4-7(8)9;1-2-3;3*1-2/h14-21,23H,4-13H2,1-3H3;8-11H,2-7H2,1H3;7H,4-6H2,1-3H3;3H,2H2,1H3;2H2,1H3;2H,1H3;1H2/t;;7?,9-;;;;/m..0..../s1. The summed E-state index contributed by atoms with van der Waals surface area (Å²) in [5, 5.41) is 39.7. The van der Waals surface area contributed by atoms with Gasteiger partial charge in [0.25, 0.3) is 0 Å². The van der Waals surface area contributed by atoms with Crippen LogP contribution in [0.5, 0.6) is 0 Å². The van der Waals surface area contributed by atoms with Crippen molar-refractivity contribution in [3.63, 3.8) is 0 Å². The molecule has 5 fully saturated rings. The minimum atomic E-state index is -0.0166. The monoisotopic (exact) mass is 775 g/mol. The number of aldehydes is 1. The normalized spacial score (nSPS) is 32.9. The Morgan fingerprint density at radius 1 is 0.926 bits per heavy atom. The van der Waals surface area contributed by atoms with Gasteiger partial charge in [-0.1, -0.05) is 40.0 Å². The van der Waals surface area contributed by atoms with Crippen LogP contribution in [-0.4, -0.2) is 132 Å². The summed E-state index contributed by atoms with van der Waals surface area (Å²) in [6, 6.07) is 0.509. The number of aliphatic hydroxyl groups is 4. The van der Waals surface area contributed by atoms with Gasteiger partial charge in [-0.25, -0.2) is 0 Å². The number of nitrogens with one attached hydrogen (secondary N) is 2. The van der Waals surface area contributed by atoms with E-state index < -0.39 is 0 Å². The van der Waals surface area contributed by atoms with E-state index >= 15 is 0 Å². The Morgan fingerprint density at radius 2 is 1.54 bits per heavy atom. The molecule has 54 heavy (non-hydrogen) atoms. The summed E-state index contributed by atoms with van der Waals surface area (Å²) in [4.78, 5) is 21.8. The number of hydrogen-bond acceptors (Lipinski definition) is 11. The number of methoxy groups -OCH3 is 1. The Hall–Kier alpha value is -1.02. The second kappa shape index (κ2) is 32.0. The van der Waals surface area contributed by atoms with Gasteiger partial charge in [0.05, 0.1) is 12.2 Å². The fourth-order valence-corrected chi connectivity index (χ4v) is 10.3. The number of hydrogen-bond donors (Lipinski definition) is 7. The quantitative estimate of drug-likeness (QED) is 0.106. The van der Waals surface area contributed by atoms with Crippen LogP contribution in [0.25, 0.3) is 0 Å². The highest BCUT2D eigenvalue weighted by atomic mass is 16.5. The number of nitrogens with zero attached hydrogens (tertiary/aromatic N) is 1. The molecule has 5 aliphatic carbocycles. The molecule has 0 aromatic rings. The summed E-state index contributed by atoms with van der Waals surface area (Å²) in [5.74, 6) is 3.53. The second-order valence-corrected chi connectivity index (χ2v) is 17.0. The number of carbonyl (C=O) groups is 2. The van der Waals surface area contributed by atoms with Crippen LogP contribution in [0.1, 0.15) is 124 Å². The fourth-order valence-electron chi connectivity index (χ4n) is 10.3. The van der Waals surface area contributed by atoms with Crippen molar-refractivity contribution in [2.24, 2.45) is 52.1 Å². The molecule has 10 atom stereocenters. The molecule has 324 valence electrons. The zero-order chi connectivity index (χ0) is 41.7. The van der Waals surface area contributed by atoms with Crippen LogP contribution in [0.3, 0.4) is 0 Å². The van der Waals surface area contributed by atoms with Crippen LogP contribution in [0.15, 0.2) is 0 Å². The summed E-state index contributed by atoms with van der Waals surface area (Å²) in [5.41, 5.74) is 6.00. The molecule has 0 saturated heterocycles. The van der Waals surface area contributed by atoms with Gasteiger partial charge in [0.1, 0.15) is 13.1 Å². The zero-order valence-electron chi connectivity index (χ0n) is 36.7. The molecule has 9 unspecified atom stereocenters. The lowest BCUT2D eigenvalue weighted by molar-refractivity contribution is -0.172. The van der Waals surface area contributed by atoms with Crippen LogP contribution in [0, 0.1) is 46.3 Å². The number of fused-ring (bicyclic) bond motifs is 1. The lowest BCUT2D eigenvalue weighted by atomic mass is 9.38. The average Bonchev–Trinajstić information content (AvgIpc) is 3.18. The third kappa shape index (κ3) is 18.9. The molecule has 0 radical (unpaired) electrons. The first-order valence-electron chi connectivity index (χ1n) is 21.1. The fraction of sp³-hybridized carbons (Fsp3) is 0.953. The Kier molecular flexibility index (Phi) is 32.6. The van der Waals surface area contributed by atoms with E-state index in [1.54, 1.807) is 6.92 Å². The molecule has 5 rings (SSSR count). The molecule has 8 N–H and O–H groups in total. The van der Waals surface area contributed by atoms with Gasteiger partial charge in [-0.2, -0.15) is 0 Å². The predicted molar refractivity (Wildman–Crippen MR) is 224 cm³/mol. The van der Waals surface area contributed by atoms with Crippen LogP contribution < -0.4 is 16.4 Å². The highest BCUT2D eigenvalue weighted by Gasteiger charge is 2.60. The summed E-state index contributed by atoms with van der Waals surface area (Å²) in [7, 11) is 10.6. The number of carbonyl (C=O) groups excluding carboxylic acids is 2. The number of aliphatic hydroxyl groups excluding tert-OH is 4. The molecular formula is C43H90N4O7. The van der Waals surface area contributed by atoms with Crippen LogP contribution in [0.4, 0.5) is 0 Å². The van der Waals surface area contributed by atoms with E-state index in [2.05, 4.69) is 56.1 Å². The van der Waals surface area contributed by atoms with Crippen LogP contribution in [0.2, 0.25) is 0 Å². The molecule has 0 aliphatic heterocycles. The van der Waals surface area contributed by atoms with E-state index in [1.165, 1.54) is 77.5 Å². The number of nitrogens with two attached hydrogens (primary N) is 1. The third-order valence-corrected chi connectivity index (χ3v) is 12.8.